The molecular weight excluding hydrogens is 325 g/mol. The molecule has 0 radical (unpaired) electrons. The molecule has 0 bridgehead atoms. The monoisotopic (exact) mass is 327 g/mol. The third-order valence-electron chi connectivity index (χ3n) is 2.04. The Hall–Kier alpha value is -1.17. The van der Waals surface area contributed by atoms with Gasteiger partial charge in [0.1, 0.15) is 5.75 Å². The zero-order valence-electron chi connectivity index (χ0n) is 8.86. The van der Waals surface area contributed by atoms with Crippen LogP contribution in [0.2, 0.25) is 15.1 Å². The smallest absolute Gasteiger partial charge is 0.258 e. The highest BCUT2D eigenvalue weighted by Crippen LogP contribution is 2.36. The van der Waals surface area contributed by atoms with Gasteiger partial charge in [0.15, 0.2) is 11.6 Å². The maximum absolute atomic E-state index is 13.3. The van der Waals surface area contributed by atoms with Crippen molar-refractivity contribution < 1.29 is 17.9 Å². The summed E-state index contributed by atoms with van der Waals surface area (Å²) in [4.78, 5) is 2.99. The lowest BCUT2D eigenvalue weighted by atomic mass is 10.3. The van der Waals surface area contributed by atoms with Crippen LogP contribution in [0.25, 0.3) is 0 Å². The van der Waals surface area contributed by atoms with E-state index < -0.39 is 23.5 Å². The van der Waals surface area contributed by atoms with E-state index in [2.05, 4.69) is 4.98 Å². The van der Waals surface area contributed by atoms with E-state index in [1.165, 1.54) is 12.1 Å². The second-order valence-electron chi connectivity index (χ2n) is 3.35. The number of nitrogens with zero attached hydrogens (tertiary/aromatic N) is 1. The van der Waals surface area contributed by atoms with Crippen molar-refractivity contribution in [2.24, 2.45) is 0 Å². The first-order valence-corrected chi connectivity index (χ1v) is 5.86. The second-order valence-corrected chi connectivity index (χ2v) is 4.57. The number of rotatable bonds is 2. The lowest BCUT2D eigenvalue weighted by Gasteiger charge is -2.09. The van der Waals surface area contributed by atoms with Gasteiger partial charge in [-0.3, -0.25) is 0 Å². The number of aromatic nitrogens is 1. The Morgan fingerprint density at radius 3 is 2.16 bits per heavy atom. The van der Waals surface area contributed by atoms with Gasteiger partial charge in [-0.15, -0.1) is 0 Å². The van der Waals surface area contributed by atoms with E-state index in [0.29, 0.717) is 6.07 Å². The number of ether oxygens (including phenoxy) is 1. The van der Waals surface area contributed by atoms with Crippen molar-refractivity contribution in [3.05, 3.63) is 50.8 Å². The minimum atomic E-state index is -1.49. The van der Waals surface area contributed by atoms with E-state index in [4.69, 9.17) is 39.5 Å². The van der Waals surface area contributed by atoms with Crippen LogP contribution < -0.4 is 4.74 Å². The van der Waals surface area contributed by atoms with Gasteiger partial charge >= 0.3 is 0 Å². The third-order valence-corrected chi connectivity index (χ3v) is 3.05. The van der Waals surface area contributed by atoms with E-state index in [0.717, 1.165) is 0 Å². The molecular formula is C11H3Cl3F3NO. The summed E-state index contributed by atoms with van der Waals surface area (Å²) < 4.78 is 43.9. The molecule has 1 aromatic heterocycles. The van der Waals surface area contributed by atoms with E-state index >= 15 is 0 Å². The Morgan fingerprint density at radius 1 is 0.842 bits per heavy atom. The third kappa shape index (κ3) is 3.05. The zero-order valence-corrected chi connectivity index (χ0v) is 11.1. The zero-order chi connectivity index (χ0) is 14.2. The molecule has 0 saturated heterocycles. The molecule has 0 spiro atoms. The summed E-state index contributed by atoms with van der Waals surface area (Å²) in [6.45, 7) is 0. The van der Waals surface area contributed by atoms with Gasteiger partial charge in [0.05, 0.1) is 15.1 Å². The van der Waals surface area contributed by atoms with E-state index in [1.54, 1.807) is 0 Å². The Morgan fingerprint density at radius 2 is 1.47 bits per heavy atom. The first kappa shape index (κ1) is 14.2. The Kier molecular flexibility index (Phi) is 4.08. The lowest BCUT2D eigenvalue weighted by Crippen LogP contribution is -1.98. The van der Waals surface area contributed by atoms with E-state index in [9.17, 15) is 13.2 Å². The molecule has 0 fully saturated rings. The minimum absolute atomic E-state index is 0.0142. The average Bonchev–Trinajstić information content (AvgIpc) is 2.32. The van der Waals surface area contributed by atoms with Gasteiger partial charge in [-0.05, 0) is 6.07 Å². The first-order chi connectivity index (χ1) is 8.88. The van der Waals surface area contributed by atoms with Crippen molar-refractivity contribution in [1.82, 2.24) is 4.98 Å². The van der Waals surface area contributed by atoms with Gasteiger partial charge in [0.2, 0.25) is 0 Å². The Bertz CT molecular complexity index is 596. The van der Waals surface area contributed by atoms with Crippen LogP contribution in [0.1, 0.15) is 0 Å². The van der Waals surface area contributed by atoms with Crippen molar-refractivity contribution in [2.45, 2.75) is 0 Å². The van der Waals surface area contributed by atoms with Crippen LogP contribution in [0.5, 0.6) is 11.6 Å². The molecule has 1 heterocycles. The van der Waals surface area contributed by atoms with Crippen molar-refractivity contribution in [2.75, 3.05) is 0 Å². The number of pyridine rings is 1. The summed E-state index contributed by atoms with van der Waals surface area (Å²) in [6, 6.07) is 2.77. The molecule has 8 heteroatoms. The summed E-state index contributed by atoms with van der Waals surface area (Å²) in [7, 11) is 0. The van der Waals surface area contributed by atoms with Crippen LogP contribution in [-0.2, 0) is 0 Å². The lowest BCUT2D eigenvalue weighted by molar-refractivity contribution is 0.387. The van der Waals surface area contributed by atoms with Crippen molar-refractivity contribution in [3.63, 3.8) is 0 Å². The van der Waals surface area contributed by atoms with Crippen LogP contribution >= 0.6 is 34.8 Å². The predicted molar refractivity (Wildman–Crippen MR) is 65.7 cm³/mol. The maximum Gasteiger partial charge on any atom is 0.258 e. The highest BCUT2D eigenvalue weighted by Gasteiger charge is 2.16. The van der Waals surface area contributed by atoms with Crippen LogP contribution in [0.4, 0.5) is 13.2 Å². The SMILES string of the molecule is Fc1cc(F)c(Oc2cc(Cl)c(Cl)cc2Cl)nc1F. The summed E-state index contributed by atoms with van der Waals surface area (Å²) in [6.07, 6.45) is 0. The Labute approximate surface area is 120 Å². The molecule has 2 aromatic rings. The molecule has 0 atom stereocenters. The maximum atomic E-state index is 13.3. The van der Waals surface area contributed by atoms with Crippen molar-refractivity contribution in [3.8, 4) is 11.6 Å². The summed E-state index contributed by atoms with van der Waals surface area (Å²) in [5.74, 6) is -4.95. The fourth-order valence-electron chi connectivity index (χ4n) is 1.19. The van der Waals surface area contributed by atoms with Crippen LogP contribution in [0.15, 0.2) is 18.2 Å². The van der Waals surface area contributed by atoms with Gasteiger partial charge in [-0.25, -0.2) is 8.78 Å². The number of hydrogen-bond donors (Lipinski definition) is 0. The second kappa shape index (κ2) is 5.45. The molecule has 1 aromatic carbocycles. The van der Waals surface area contributed by atoms with Crippen molar-refractivity contribution >= 4 is 34.8 Å². The van der Waals surface area contributed by atoms with Gasteiger partial charge in [0, 0.05) is 12.1 Å². The predicted octanol–water partition coefficient (Wildman–Crippen LogP) is 5.25. The summed E-state index contributed by atoms with van der Waals surface area (Å²) in [5.41, 5.74) is 0. The molecule has 19 heavy (non-hydrogen) atoms. The minimum Gasteiger partial charge on any atom is -0.435 e. The standard InChI is InChI=1S/C11H3Cl3F3NO/c12-4-1-6(14)9(2-5(4)13)19-11-8(16)3-7(15)10(17)18-11/h1-3H. The largest absolute Gasteiger partial charge is 0.435 e. The van der Waals surface area contributed by atoms with Crippen LogP contribution in [-0.4, -0.2) is 4.98 Å². The average molecular weight is 329 g/mol. The number of hydrogen-bond acceptors (Lipinski definition) is 2. The Balaban J connectivity index is 2.42. The number of benzene rings is 1. The normalized spacial score (nSPS) is 10.6. The van der Waals surface area contributed by atoms with Gasteiger partial charge in [0.25, 0.3) is 11.8 Å². The molecule has 0 N–H and O–H groups in total. The quantitative estimate of drug-likeness (QED) is 0.555. The number of halogens is 6. The van der Waals surface area contributed by atoms with Crippen LogP contribution in [0, 0.1) is 17.6 Å². The van der Waals surface area contributed by atoms with Crippen LogP contribution in [0.3, 0.4) is 0 Å². The van der Waals surface area contributed by atoms with Crippen molar-refractivity contribution in [1.29, 1.82) is 0 Å². The molecule has 0 aliphatic heterocycles. The first-order valence-electron chi connectivity index (χ1n) is 4.72. The molecule has 0 amide bonds. The fraction of sp³-hybridized carbons (Fsp3) is 0. The van der Waals surface area contributed by atoms with Gasteiger partial charge in [-0.2, -0.15) is 9.37 Å². The topological polar surface area (TPSA) is 22.1 Å². The van der Waals surface area contributed by atoms with Gasteiger partial charge in [-0.1, -0.05) is 34.8 Å². The summed E-state index contributed by atoms with van der Waals surface area (Å²) >= 11 is 17.2. The highest BCUT2D eigenvalue weighted by molar-refractivity contribution is 6.43. The molecule has 0 unspecified atom stereocenters. The fourth-order valence-corrected chi connectivity index (χ4v) is 1.76. The molecule has 2 nitrogen and oxygen atoms in total. The molecule has 0 saturated carbocycles. The molecule has 0 aliphatic rings. The highest BCUT2D eigenvalue weighted by atomic mass is 35.5. The molecule has 100 valence electrons. The molecule has 0 aliphatic carbocycles. The summed E-state index contributed by atoms with van der Waals surface area (Å²) in [5, 5.41) is 0.280. The molecule has 2 rings (SSSR count). The van der Waals surface area contributed by atoms with E-state index in [-0.39, 0.29) is 20.8 Å². The van der Waals surface area contributed by atoms with Gasteiger partial charge < -0.3 is 4.74 Å². The van der Waals surface area contributed by atoms with E-state index in [1.807, 2.05) is 0 Å².